The normalized spacial score (nSPS) is 21.1. The zero-order valence-electron chi connectivity index (χ0n) is 12.5. The molecule has 1 aromatic rings. The highest BCUT2D eigenvalue weighted by atomic mass is 16.5. The molecule has 1 saturated heterocycles. The Morgan fingerprint density at radius 3 is 2.95 bits per heavy atom. The van der Waals surface area contributed by atoms with Crippen molar-refractivity contribution in [1.82, 2.24) is 14.9 Å². The number of H-pyrrole nitrogens is 1. The van der Waals surface area contributed by atoms with Crippen LogP contribution in [0.1, 0.15) is 44.4 Å². The lowest BCUT2D eigenvalue weighted by Crippen LogP contribution is -2.36. The van der Waals surface area contributed by atoms with Crippen LogP contribution in [0, 0.1) is 0 Å². The first-order valence-corrected chi connectivity index (χ1v) is 7.43. The summed E-state index contributed by atoms with van der Waals surface area (Å²) in [4.78, 5) is 36.4. The van der Waals surface area contributed by atoms with E-state index in [1.165, 1.54) is 10.8 Å². The fourth-order valence-electron chi connectivity index (χ4n) is 2.60. The van der Waals surface area contributed by atoms with E-state index in [0.29, 0.717) is 5.56 Å². The zero-order chi connectivity index (χ0) is 16.1. The van der Waals surface area contributed by atoms with Crippen LogP contribution in [0.3, 0.4) is 0 Å². The van der Waals surface area contributed by atoms with Crippen LogP contribution in [0.25, 0.3) is 0 Å². The van der Waals surface area contributed by atoms with Gasteiger partial charge in [-0.1, -0.05) is 13.3 Å². The van der Waals surface area contributed by atoms with Gasteiger partial charge < -0.3 is 15.2 Å². The first-order chi connectivity index (χ1) is 10.5. The number of carboxylic acids is 1. The van der Waals surface area contributed by atoms with E-state index < -0.39 is 17.2 Å². The van der Waals surface area contributed by atoms with Crippen LogP contribution >= 0.6 is 0 Å². The van der Waals surface area contributed by atoms with Crippen molar-refractivity contribution in [3.63, 3.8) is 0 Å². The van der Waals surface area contributed by atoms with E-state index in [9.17, 15) is 14.4 Å². The molecule has 2 rings (SSSR count). The second kappa shape index (κ2) is 7.37. The number of hydrogen-bond acceptors (Lipinski definition) is 5. The molecule has 0 amide bonds. The number of hydrogen-bond donors (Lipinski definition) is 3. The quantitative estimate of drug-likeness (QED) is 0.662. The van der Waals surface area contributed by atoms with Crippen molar-refractivity contribution in [2.75, 3.05) is 6.54 Å². The molecule has 0 saturated carbocycles. The highest BCUT2D eigenvalue weighted by Crippen LogP contribution is 2.29. The van der Waals surface area contributed by atoms with E-state index in [2.05, 4.69) is 17.2 Å². The summed E-state index contributed by atoms with van der Waals surface area (Å²) in [5.74, 6) is -1.01. The molecule has 1 aliphatic heterocycles. The molecular weight excluding hydrogens is 290 g/mol. The number of aromatic nitrogens is 2. The van der Waals surface area contributed by atoms with E-state index >= 15 is 0 Å². The first kappa shape index (κ1) is 16.4. The molecule has 3 N–H and O–H groups in total. The minimum absolute atomic E-state index is 0.0764. The lowest BCUT2D eigenvalue weighted by Gasteiger charge is -2.16. The Balaban J connectivity index is 2.13. The van der Waals surface area contributed by atoms with Gasteiger partial charge in [0, 0.05) is 18.3 Å². The van der Waals surface area contributed by atoms with Gasteiger partial charge in [0.2, 0.25) is 0 Å². The Morgan fingerprint density at radius 2 is 2.27 bits per heavy atom. The highest BCUT2D eigenvalue weighted by Gasteiger charge is 2.27. The van der Waals surface area contributed by atoms with Crippen molar-refractivity contribution in [2.24, 2.45) is 0 Å². The fraction of sp³-hybridized carbons (Fsp3) is 0.643. The van der Waals surface area contributed by atoms with Gasteiger partial charge in [0.05, 0.1) is 12.6 Å². The highest BCUT2D eigenvalue weighted by molar-refractivity contribution is 5.68. The molecule has 1 fully saturated rings. The number of nitrogens with one attached hydrogen (secondary N) is 2. The van der Waals surface area contributed by atoms with Crippen molar-refractivity contribution < 1.29 is 14.6 Å². The number of rotatable bonds is 7. The molecule has 0 aromatic carbocycles. The Hall–Kier alpha value is -1.93. The Kier molecular flexibility index (Phi) is 5.51. The average Bonchev–Trinajstić information content (AvgIpc) is 2.89. The SMILES string of the molecule is CCCC1CCC(n2cc(CNCC(=O)O)c(=O)[nH]c2=O)O1. The molecule has 0 bridgehead atoms. The van der Waals surface area contributed by atoms with E-state index in [-0.39, 0.29) is 25.4 Å². The van der Waals surface area contributed by atoms with Crippen LogP contribution in [-0.4, -0.2) is 33.3 Å². The lowest BCUT2D eigenvalue weighted by atomic mass is 10.1. The summed E-state index contributed by atoms with van der Waals surface area (Å²) in [6.07, 6.45) is 4.79. The third kappa shape index (κ3) is 4.05. The van der Waals surface area contributed by atoms with Crippen LogP contribution < -0.4 is 16.6 Å². The standard InChI is InChI=1S/C14H21N3O5/c1-2-3-10-4-5-11(22-10)17-8-9(6-15-7-12(18)19)13(20)16-14(17)21/h8,10-11,15H,2-7H2,1H3,(H,18,19)(H,16,20,21). The molecule has 2 heterocycles. The molecule has 0 radical (unpaired) electrons. The molecule has 0 spiro atoms. The fourth-order valence-corrected chi connectivity index (χ4v) is 2.60. The summed E-state index contributed by atoms with van der Waals surface area (Å²) in [6.45, 7) is 1.90. The molecule has 8 heteroatoms. The van der Waals surface area contributed by atoms with E-state index in [0.717, 1.165) is 25.7 Å². The van der Waals surface area contributed by atoms with Crippen molar-refractivity contribution >= 4 is 5.97 Å². The average molecular weight is 311 g/mol. The maximum atomic E-state index is 11.9. The summed E-state index contributed by atoms with van der Waals surface area (Å²) in [7, 11) is 0. The van der Waals surface area contributed by atoms with Crippen molar-refractivity contribution in [3.05, 3.63) is 32.6 Å². The first-order valence-electron chi connectivity index (χ1n) is 7.43. The molecule has 22 heavy (non-hydrogen) atoms. The van der Waals surface area contributed by atoms with Crippen LogP contribution in [0.5, 0.6) is 0 Å². The molecule has 1 aliphatic rings. The topological polar surface area (TPSA) is 113 Å². The Bertz CT molecular complexity index is 636. The minimum atomic E-state index is -1.01. The number of ether oxygens (including phenoxy) is 1. The molecule has 2 atom stereocenters. The van der Waals surface area contributed by atoms with Gasteiger partial charge >= 0.3 is 11.7 Å². The largest absolute Gasteiger partial charge is 0.480 e. The molecular formula is C14H21N3O5. The van der Waals surface area contributed by atoms with E-state index in [1.807, 2.05) is 0 Å². The zero-order valence-corrected chi connectivity index (χ0v) is 12.5. The third-order valence-electron chi connectivity index (χ3n) is 3.64. The van der Waals surface area contributed by atoms with Crippen LogP contribution in [0.2, 0.25) is 0 Å². The van der Waals surface area contributed by atoms with Gasteiger partial charge in [0.15, 0.2) is 0 Å². The van der Waals surface area contributed by atoms with Crippen molar-refractivity contribution in [1.29, 1.82) is 0 Å². The van der Waals surface area contributed by atoms with Gasteiger partial charge in [-0.3, -0.25) is 19.1 Å². The third-order valence-corrected chi connectivity index (χ3v) is 3.64. The maximum Gasteiger partial charge on any atom is 0.330 e. The predicted octanol–water partition coefficient (Wildman–Crippen LogP) is 0.189. The summed E-state index contributed by atoms with van der Waals surface area (Å²) < 4.78 is 7.22. The molecule has 0 aliphatic carbocycles. The van der Waals surface area contributed by atoms with Crippen LogP contribution in [-0.2, 0) is 16.1 Å². The number of aromatic amines is 1. The Morgan fingerprint density at radius 1 is 1.50 bits per heavy atom. The molecule has 2 unspecified atom stereocenters. The maximum absolute atomic E-state index is 11.9. The summed E-state index contributed by atoms with van der Waals surface area (Å²) in [5.41, 5.74) is -0.709. The Labute approximate surface area is 127 Å². The molecule has 8 nitrogen and oxygen atoms in total. The van der Waals surface area contributed by atoms with E-state index in [1.54, 1.807) is 0 Å². The predicted molar refractivity (Wildman–Crippen MR) is 78.7 cm³/mol. The number of nitrogens with zero attached hydrogens (tertiary/aromatic N) is 1. The smallest absolute Gasteiger partial charge is 0.330 e. The number of carbonyl (C=O) groups is 1. The second-order valence-corrected chi connectivity index (χ2v) is 5.40. The van der Waals surface area contributed by atoms with Gasteiger partial charge in [-0.25, -0.2) is 4.79 Å². The lowest BCUT2D eigenvalue weighted by molar-refractivity contribution is -0.136. The summed E-state index contributed by atoms with van der Waals surface area (Å²) in [5, 5.41) is 11.2. The minimum Gasteiger partial charge on any atom is -0.480 e. The van der Waals surface area contributed by atoms with Gasteiger partial charge in [-0.05, 0) is 19.3 Å². The summed E-state index contributed by atoms with van der Waals surface area (Å²) >= 11 is 0. The molecule has 122 valence electrons. The number of carboxylic acid groups (broad SMARTS) is 1. The monoisotopic (exact) mass is 311 g/mol. The van der Waals surface area contributed by atoms with Gasteiger partial charge in [-0.15, -0.1) is 0 Å². The van der Waals surface area contributed by atoms with Crippen LogP contribution in [0.15, 0.2) is 15.8 Å². The summed E-state index contributed by atoms with van der Waals surface area (Å²) in [6, 6.07) is 0. The van der Waals surface area contributed by atoms with Crippen molar-refractivity contribution in [3.8, 4) is 0 Å². The van der Waals surface area contributed by atoms with Crippen LogP contribution in [0.4, 0.5) is 0 Å². The van der Waals surface area contributed by atoms with Crippen molar-refractivity contribution in [2.45, 2.75) is 51.5 Å². The molecule has 1 aromatic heterocycles. The van der Waals surface area contributed by atoms with Gasteiger partial charge in [0.25, 0.3) is 5.56 Å². The number of aliphatic carboxylic acids is 1. The van der Waals surface area contributed by atoms with Gasteiger partial charge in [-0.2, -0.15) is 0 Å². The van der Waals surface area contributed by atoms with Gasteiger partial charge in [0.1, 0.15) is 6.23 Å². The van der Waals surface area contributed by atoms with E-state index in [4.69, 9.17) is 9.84 Å². The second-order valence-electron chi connectivity index (χ2n) is 5.40.